The molecular weight excluding hydrogens is 670 g/mol. The average Bonchev–Trinajstić information content (AvgIpc) is 3.51. The summed E-state index contributed by atoms with van der Waals surface area (Å²) in [5.74, 6) is 1.08. The molecular formula is C37H48BrN7O3. The topological polar surface area (TPSA) is 114 Å². The standard InChI is InChI=1S/C37H48BrN7O3/c1-24-18-28(26-6-12-39-13-7-26)9-16-44(24)36(47)29(19-25-20-30-23-40-42-35(30)32(38)21-25)22-34(46)43-14-10-31(11-15-43)45-17-8-27-4-2-3-5-33(27)41-37(45)48/h2-5,20-21,23-24,26,28-29,31,39H,6-19,22H2,1H3,(H,40,42)(H,41,48)/t24-,28?,29?/m1/s1. The molecule has 2 aromatic carbocycles. The van der Waals surface area contributed by atoms with Crippen molar-refractivity contribution in [2.75, 3.05) is 44.6 Å². The molecule has 3 aromatic rings. The number of hydrogen-bond acceptors (Lipinski definition) is 5. The van der Waals surface area contributed by atoms with Gasteiger partial charge in [-0.1, -0.05) is 18.2 Å². The third-order valence-corrected chi connectivity index (χ3v) is 12.1. The molecule has 256 valence electrons. The number of urea groups is 1. The van der Waals surface area contributed by atoms with Crippen molar-refractivity contribution in [1.29, 1.82) is 0 Å². The van der Waals surface area contributed by atoms with Crippen molar-refractivity contribution in [2.45, 2.75) is 76.8 Å². The van der Waals surface area contributed by atoms with Crippen LogP contribution in [0.2, 0.25) is 0 Å². The van der Waals surface area contributed by atoms with Crippen LogP contribution in [0.3, 0.4) is 0 Å². The minimum Gasteiger partial charge on any atom is -0.343 e. The Morgan fingerprint density at radius 2 is 1.79 bits per heavy atom. The molecule has 2 unspecified atom stereocenters. The Bertz CT molecular complexity index is 1630. The van der Waals surface area contributed by atoms with E-state index in [-0.39, 0.29) is 36.3 Å². The minimum atomic E-state index is -0.445. The number of piperidine rings is 3. The molecule has 10 nitrogen and oxygen atoms in total. The second-order valence-corrected chi connectivity index (χ2v) is 15.3. The molecule has 5 heterocycles. The van der Waals surface area contributed by atoms with E-state index in [0.717, 1.165) is 89.8 Å². The zero-order chi connectivity index (χ0) is 33.2. The number of rotatable bonds is 7. The number of aromatic amines is 1. The second-order valence-electron chi connectivity index (χ2n) is 14.4. The number of amides is 4. The van der Waals surface area contributed by atoms with E-state index in [1.807, 2.05) is 34.1 Å². The summed E-state index contributed by atoms with van der Waals surface area (Å²) in [6.45, 7) is 6.99. The molecule has 0 aliphatic carbocycles. The van der Waals surface area contributed by atoms with E-state index in [2.05, 4.69) is 60.7 Å². The molecule has 0 saturated carbocycles. The third kappa shape index (κ3) is 7.13. The van der Waals surface area contributed by atoms with E-state index in [4.69, 9.17) is 0 Å². The molecule has 48 heavy (non-hydrogen) atoms. The zero-order valence-electron chi connectivity index (χ0n) is 27.9. The highest BCUT2D eigenvalue weighted by atomic mass is 79.9. The molecule has 3 N–H and O–H groups in total. The number of carbonyl (C=O) groups is 3. The molecule has 3 saturated heterocycles. The highest BCUT2D eigenvalue weighted by Crippen LogP contribution is 2.35. The van der Waals surface area contributed by atoms with Crippen LogP contribution in [0.25, 0.3) is 10.9 Å². The number of anilines is 1. The smallest absolute Gasteiger partial charge is 0.322 e. The first-order valence-electron chi connectivity index (χ1n) is 17.9. The summed E-state index contributed by atoms with van der Waals surface area (Å²) >= 11 is 3.68. The monoisotopic (exact) mass is 717 g/mol. The molecule has 1 aromatic heterocycles. The van der Waals surface area contributed by atoms with Crippen LogP contribution in [0, 0.1) is 17.8 Å². The van der Waals surface area contributed by atoms with Gasteiger partial charge < -0.3 is 25.3 Å². The molecule has 3 atom stereocenters. The van der Waals surface area contributed by atoms with E-state index in [1.165, 1.54) is 12.8 Å². The van der Waals surface area contributed by atoms with Crippen molar-refractivity contribution in [3.8, 4) is 0 Å². The summed E-state index contributed by atoms with van der Waals surface area (Å²) in [6, 6.07) is 12.3. The number of nitrogens with zero attached hydrogens (tertiary/aromatic N) is 4. The Labute approximate surface area is 291 Å². The molecule has 0 spiro atoms. The van der Waals surface area contributed by atoms with Gasteiger partial charge in [-0.2, -0.15) is 5.10 Å². The van der Waals surface area contributed by atoms with Crippen molar-refractivity contribution >= 4 is 50.4 Å². The SMILES string of the molecule is C[C@@H]1CC(C2CCNCC2)CCN1C(=O)C(CC(=O)N1CCC(N2CCc3ccccc3NC2=O)CC1)Cc1cc(Br)c2[nH]ncc2c1. The van der Waals surface area contributed by atoms with Crippen molar-refractivity contribution < 1.29 is 14.4 Å². The quantitative estimate of drug-likeness (QED) is 0.295. The number of halogens is 1. The number of nitrogens with one attached hydrogen (secondary N) is 3. The van der Waals surface area contributed by atoms with Gasteiger partial charge in [0, 0.05) is 60.2 Å². The summed E-state index contributed by atoms with van der Waals surface area (Å²) in [6.07, 6.45) is 9.28. The van der Waals surface area contributed by atoms with Gasteiger partial charge in [0.1, 0.15) is 0 Å². The van der Waals surface area contributed by atoms with E-state index < -0.39 is 5.92 Å². The Balaban J connectivity index is 1.02. The van der Waals surface area contributed by atoms with Gasteiger partial charge in [-0.15, -0.1) is 0 Å². The lowest BCUT2D eigenvalue weighted by atomic mass is 9.77. The predicted octanol–water partition coefficient (Wildman–Crippen LogP) is 5.58. The first-order valence-corrected chi connectivity index (χ1v) is 18.7. The van der Waals surface area contributed by atoms with Crippen molar-refractivity contribution in [3.63, 3.8) is 0 Å². The van der Waals surface area contributed by atoms with Gasteiger partial charge in [-0.3, -0.25) is 14.7 Å². The molecule has 4 aliphatic heterocycles. The normalized spacial score (nSPS) is 23.5. The average molecular weight is 719 g/mol. The van der Waals surface area contributed by atoms with Crippen LogP contribution in [0.4, 0.5) is 10.5 Å². The van der Waals surface area contributed by atoms with E-state index in [1.54, 1.807) is 6.20 Å². The number of benzene rings is 2. The molecule has 4 amide bonds. The van der Waals surface area contributed by atoms with Crippen LogP contribution in [0.1, 0.15) is 63.0 Å². The van der Waals surface area contributed by atoms with Crippen molar-refractivity contribution in [2.24, 2.45) is 17.8 Å². The van der Waals surface area contributed by atoms with Gasteiger partial charge >= 0.3 is 6.03 Å². The van der Waals surface area contributed by atoms with Crippen LogP contribution >= 0.6 is 15.9 Å². The summed E-state index contributed by atoms with van der Waals surface area (Å²) < 4.78 is 0.906. The number of hydrogen-bond donors (Lipinski definition) is 3. The number of fused-ring (bicyclic) bond motifs is 2. The Morgan fingerprint density at radius 3 is 2.58 bits per heavy atom. The lowest BCUT2D eigenvalue weighted by molar-refractivity contribution is -0.145. The van der Waals surface area contributed by atoms with Gasteiger partial charge in [0.05, 0.1) is 17.6 Å². The fourth-order valence-electron chi connectivity index (χ4n) is 8.74. The summed E-state index contributed by atoms with van der Waals surface area (Å²) in [5.41, 5.74) is 3.99. The fourth-order valence-corrected chi connectivity index (χ4v) is 9.35. The molecule has 11 heteroatoms. The highest BCUT2D eigenvalue weighted by molar-refractivity contribution is 9.10. The zero-order valence-corrected chi connectivity index (χ0v) is 29.5. The Hall–Kier alpha value is -3.44. The maximum atomic E-state index is 14.4. The second kappa shape index (κ2) is 14.6. The van der Waals surface area contributed by atoms with Crippen LogP contribution in [0.15, 0.2) is 47.1 Å². The van der Waals surface area contributed by atoms with Crippen molar-refractivity contribution in [3.05, 3.63) is 58.2 Å². The van der Waals surface area contributed by atoms with Crippen LogP contribution in [0.5, 0.6) is 0 Å². The van der Waals surface area contributed by atoms with Crippen LogP contribution in [-0.2, 0) is 22.4 Å². The minimum absolute atomic E-state index is 0.0280. The molecule has 4 aliphatic rings. The molecule has 0 bridgehead atoms. The van der Waals surface area contributed by atoms with E-state index in [0.29, 0.717) is 32.0 Å². The summed E-state index contributed by atoms with van der Waals surface area (Å²) in [4.78, 5) is 47.4. The van der Waals surface area contributed by atoms with E-state index >= 15 is 0 Å². The predicted molar refractivity (Wildman–Crippen MR) is 191 cm³/mol. The van der Waals surface area contributed by atoms with Crippen molar-refractivity contribution in [1.82, 2.24) is 30.2 Å². The molecule has 3 fully saturated rings. The fraction of sp³-hybridized carbons (Fsp3) is 0.568. The highest BCUT2D eigenvalue weighted by Gasteiger charge is 2.38. The maximum Gasteiger partial charge on any atom is 0.322 e. The Kier molecular flexibility index (Phi) is 10.0. The number of carbonyl (C=O) groups excluding carboxylic acids is 3. The first kappa shape index (κ1) is 33.1. The first-order chi connectivity index (χ1) is 23.3. The third-order valence-electron chi connectivity index (χ3n) is 11.5. The lowest BCUT2D eigenvalue weighted by Crippen LogP contribution is -2.51. The number of para-hydroxylation sites is 1. The van der Waals surface area contributed by atoms with Gasteiger partial charge in [0.25, 0.3) is 0 Å². The Morgan fingerprint density at radius 1 is 1.00 bits per heavy atom. The van der Waals surface area contributed by atoms with E-state index in [9.17, 15) is 14.4 Å². The largest absolute Gasteiger partial charge is 0.343 e. The summed E-state index contributed by atoms with van der Waals surface area (Å²) in [7, 11) is 0. The molecule has 0 radical (unpaired) electrons. The maximum absolute atomic E-state index is 14.4. The number of H-pyrrole nitrogens is 1. The van der Waals surface area contributed by atoms with Gasteiger partial charge in [0.2, 0.25) is 11.8 Å². The summed E-state index contributed by atoms with van der Waals surface area (Å²) in [5, 5.41) is 14.8. The van der Waals surface area contributed by atoms with Gasteiger partial charge in [-0.25, -0.2) is 4.79 Å². The molecule has 7 rings (SSSR count). The van der Waals surface area contributed by atoms with Crippen LogP contribution in [-0.4, -0.2) is 94.1 Å². The number of aromatic nitrogens is 2. The van der Waals surface area contributed by atoms with Gasteiger partial charge in [-0.05, 0) is 128 Å². The van der Waals surface area contributed by atoms with Crippen LogP contribution < -0.4 is 10.6 Å². The lowest BCUT2D eigenvalue weighted by Gasteiger charge is -2.43. The van der Waals surface area contributed by atoms with Gasteiger partial charge in [0.15, 0.2) is 0 Å². The number of likely N-dealkylation sites (tertiary alicyclic amines) is 2.